The Hall–Kier alpha value is -0.410. The SMILES string of the molecule is CC1CNCC1C(=O)C1CC(C)(C)OC1(C)C. The molecule has 2 saturated heterocycles. The number of ether oxygens (including phenoxy) is 1. The first kappa shape index (κ1) is 13.0. The summed E-state index contributed by atoms with van der Waals surface area (Å²) in [6.07, 6.45) is 0.849. The van der Waals surface area contributed by atoms with Gasteiger partial charge in [-0.1, -0.05) is 6.92 Å². The molecule has 3 unspecified atom stereocenters. The molecule has 2 aliphatic heterocycles. The smallest absolute Gasteiger partial charge is 0.143 e. The molecule has 2 aliphatic rings. The molecule has 2 fully saturated rings. The topological polar surface area (TPSA) is 38.3 Å². The molecule has 0 aromatic carbocycles. The molecule has 3 nitrogen and oxygen atoms in total. The molecule has 2 rings (SSSR count). The Balaban J connectivity index is 2.14. The number of nitrogens with one attached hydrogen (secondary N) is 1. The summed E-state index contributed by atoms with van der Waals surface area (Å²) in [7, 11) is 0. The van der Waals surface area contributed by atoms with Gasteiger partial charge in [0.2, 0.25) is 0 Å². The summed E-state index contributed by atoms with van der Waals surface area (Å²) in [5.41, 5.74) is -0.484. The van der Waals surface area contributed by atoms with Crippen molar-refractivity contribution in [2.75, 3.05) is 13.1 Å². The average molecular weight is 239 g/mol. The van der Waals surface area contributed by atoms with Gasteiger partial charge in [0.25, 0.3) is 0 Å². The summed E-state index contributed by atoms with van der Waals surface area (Å²) in [5, 5.41) is 3.31. The fourth-order valence-electron chi connectivity index (χ4n) is 3.45. The zero-order chi connectivity index (χ0) is 12.8. The van der Waals surface area contributed by atoms with Crippen molar-refractivity contribution in [1.29, 1.82) is 0 Å². The van der Waals surface area contributed by atoms with Crippen molar-refractivity contribution in [3.05, 3.63) is 0 Å². The monoisotopic (exact) mass is 239 g/mol. The zero-order valence-electron chi connectivity index (χ0n) is 11.7. The Labute approximate surface area is 104 Å². The second kappa shape index (κ2) is 4.06. The van der Waals surface area contributed by atoms with Crippen molar-refractivity contribution in [3.63, 3.8) is 0 Å². The van der Waals surface area contributed by atoms with Crippen LogP contribution in [-0.2, 0) is 9.53 Å². The average Bonchev–Trinajstić information content (AvgIpc) is 2.66. The van der Waals surface area contributed by atoms with E-state index < -0.39 is 0 Å². The summed E-state index contributed by atoms with van der Waals surface area (Å²) in [4.78, 5) is 12.6. The predicted octanol–water partition coefficient (Wildman–Crippen LogP) is 2.00. The van der Waals surface area contributed by atoms with E-state index >= 15 is 0 Å². The van der Waals surface area contributed by atoms with Crippen LogP contribution in [0.25, 0.3) is 0 Å². The molecular weight excluding hydrogens is 214 g/mol. The van der Waals surface area contributed by atoms with Crippen LogP contribution in [0, 0.1) is 17.8 Å². The third-order valence-corrected chi connectivity index (χ3v) is 4.30. The third-order valence-electron chi connectivity index (χ3n) is 4.30. The predicted molar refractivity (Wildman–Crippen MR) is 67.9 cm³/mol. The first-order valence-electron chi connectivity index (χ1n) is 6.67. The van der Waals surface area contributed by atoms with Gasteiger partial charge in [0, 0.05) is 18.4 Å². The van der Waals surface area contributed by atoms with Crippen molar-refractivity contribution >= 4 is 5.78 Å². The minimum atomic E-state index is -0.317. The maximum absolute atomic E-state index is 12.6. The highest BCUT2D eigenvalue weighted by molar-refractivity contribution is 5.85. The van der Waals surface area contributed by atoms with E-state index in [1.165, 1.54) is 0 Å². The van der Waals surface area contributed by atoms with Crippen LogP contribution in [-0.4, -0.2) is 30.1 Å². The quantitative estimate of drug-likeness (QED) is 0.801. The summed E-state index contributed by atoms with van der Waals surface area (Å²) in [6.45, 7) is 12.2. The molecule has 0 aromatic heterocycles. The number of Topliss-reactive ketones (excluding diaryl/α,β-unsaturated/α-hetero) is 1. The number of hydrogen-bond acceptors (Lipinski definition) is 3. The summed E-state index contributed by atoms with van der Waals surface area (Å²) in [6, 6.07) is 0. The van der Waals surface area contributed by atoms with E-state index in [1.54, 1.807) is 0 Å². The lowest BCUT2D eigenvalue weighted by molar-refractivity contribution is -0.133. The van der Waals surface area contributed by atoms with E-state index in [0.717, 1.165) is 19.5 Å². The van der Waals surface area contributed by atoms with Gasteiger partial charge in [-0.25, -0.2) is 0 Å². The highest BCUT2D eigenvalue weighted by atomic mass is 16.5. The molecular formula is C14H25NO2. The number of rotatable bonds is 2. The zero-order valence-corrected chi connectivity index (χ0v) is 11.7. The molecule has 2 heterocycles. The van der Waals surface area contributed by atoms with E-state index in [2.05, 4.69) is 39.9 Å². The van der Waals surface area contributed by atoms with Crippen molar-refractivity contribution in [2.45, 2.75) is 52.2 Å². The summed E-state index contributed by atoms with van der Waals surface area (Å²) >= 11 is 0. The van der Waals surface area contributed by atoms with Gasteiger partial charge in [-0.15, -0.1) is 0 Å². The lowest BCUT2D eigenvalue weighted by atomic mass is 9.77. The van der Waals surface area contributed by atoms with E-state index in [0.29, 0.717) is 11.7 Å². The Morgan fingerprint density at radius 2 is 1.88 bits per heavy atom. The molecule has 17 heavy (non-hydrogen) atoms. The fourth-order valence-corrected chi connectivity index (χ4v) is 3.45. The lowest BCUT2D eigenvalue weighted by Crippen LogP contribution is -2.38. The Bertz CT molecular complexity index is 322. The van der Waals surface area contributed by atoms with Crippen molar-refractivity contribution < 1.29 is 9.53 Å². The van der Waals surface area contributed by atoms with E-state index in [-0.39, 0.29) is 23.0 Å². The molecule has 0 amide bonds. The van der Waals surface area contributed by atoms with Gasteiger partial charge < -0.3 is 10.1 Å². The van der Waals surface area contributed by atoms with Crippen LogP contribution >= 0.6 is 0 Å². The molecule has 0 bridgehead atoms. The first-order valence-corrected chi connectivity index (χ1v) is 6.67. The normalized spacial score (nSPS) is 39.5. The van der Waals surface area contributed by atoms with Gasteiger partial charge in [0.1, 0.15) is 5.78 Å². The maximum Gasteiger partial charge on any atom is 0.143 e. The molecule has 3 atom stereocenters. The second-order valence-electron chi connectivity index (χ2n) is 6.87. The van der Waals surface area contributed by atoms with Crippen LogP contribution in [0.1, 0.15) is 41.0 Å². The van der Waals surface area contributed by atoms with Crippen molar-refractivity contribution in [1.82, 2.24) is 5.32 Å². The highest BCUT2D eigenvalue weighted by Gasteiger charge is 2.51. The van der Waals surface area contributed by atoms with Gasteiger partial charge >= 0.3 is 0 Å². The van der Waals surface area contributed by atoms with Crippen LogP contribution in [0.3, 0.4) is 0 Å². The van der Waals surface area contributed by atoms with E-state index in [9.17, 15) is 4.79 Å². The Morgan fingerprint density at radius 1 is 1.24 bits per heavy atom. The lowest BCUT2D eigenvalue weighted by Gasteiger charge is -2.28. The van der Waals surface area contributed by atoms with Gasteiger partial charge in [-0.2, -0.15) is 0 Å². The number of hydrogen-bond donors (Lipinski definition) is 1. The fraction of sp³-hybridized carbons (Fsp3) is 0.929. The maximum atomic E-state index is 12.6. The van der Waals surface area contributed by atoms with Crippen molar-refractivity contribution in [3.8, 4) is 0 Å². The summed E-state index contributed by atoms with van der Waals surface area (Å²) in [5.74, 6) is 1.08. The van der Waals surface area contributed by atoms with Crippen LogP contribution in [0.5, 0.6) is 0 Å². The molecule has 0 radical (unpaired) electrons. The number of carbonyl (C=O) groups excluding carboxylic acids is 1. The Kier molecular flexibility index (Phi) is 3.11. The number of carbonyl (C=O) groups is 1. The van der Waals surface area contributed by atoms with E-state index in [4.69, 9.17) is 4.74 Å². The molecule has 1 N–H and O–H groups in total. The van der Waals surface area contributed by atoms with Crippen LogP contribution in [0.2, 0.25) is 0 Å². The summed E-state index contributed by atoms with van der Waals surface area (Å²) < 4.78 is 6.02. The minimum absolute atomic E-state index is 0.0462. The van der Waals surface area contributed by atoms with Crippen LogP contribution in [0.4, 0.5) is 0 Å². The van der Waals surface area contributed by atoms with Crippen molar-refractivity contribution in [2.24, 2.45) is 17.8 Å². The standard InChI is InChI=1S/C14H25NO2/c1-9-7-15-8-10(9)12(16)11-6-13(2,3)17-14(11,4)5/h9-11,15H,6-8H2,1-5H3. The molecule has 0 aliphatic carbocycles. The molecule has 0 aromatic rings. The highest BCUT2D eigenvalue weighted by Crippen LogP contribution is 2.44. The second-order valence-corrected chi connectivity index (χ2v) is 6.87. The molecule has 0 spiro atoms. The largest absolute Gasteiger partial charge is 0.369 e. The minimum Gasteiger partial charge on any atom is -0.369 e. The van der Waals surface area contributed by atoms with Gasteiger partial charge in [0.05, 0.1) is 11.2 Å². The van der Waals surface area contributed by atoms with Gasteiger partial charge in [-0.05, 0) is 46.6 Å². The first-order chi connectivity index (χ1) is 7.73. The molecule has 0 saturated carbocycles. The third kappa shape index (κ3) is 2.41. The number of ketones is 1. The Morgan fingerprint density at radius 3 is 2.29 bits per heavy atom. The molecule has 3 heteroatoms. The van der Waals surface area contributed by atoms with Gasteiger partial charge in [0.15, 0.2) is 0 Å². The van der Waals surface area contributed by atoms with E-state index in [1.807, 2.05) is 0 Å². The molecule has 98 valence electrons. The van der Waals surface area contributed by atoms with Crippen LogP contribution in [0.15, 0.2) is 0 Å². The van der Waals surface area contributed by atoms with Crippen LogP contribution < -0.4 is 5.32 Å². The van der Waals surface area contributed by atoms with Gasteiger partial charge in [-0.3, -0.25) is 4.79 Å².